The third-order valence-electron chi connectivity index (χ3n) is 3.03. The van der Waals surface area contributed by atoms with Gasteiger partial charge < -0.3 is 4.74 Å². The van der Waals surface area contributed by atoms with E-state index in [1.54, 1.807) is 18.2 Å². The minimum atomic E-state index is -3.76. The molecule has 6 heteroatoms. The summed E-state index contributed by atoms with van der Waals surface area (Å²) in [6.07, 6.45) is 0.898. The van der Waals surface area contributed by atoms with Gasteiger partial charge in [-0.05, 0) is 42.3 Å². The van der Waals surface area contributed by atoms with Gasteiger partial charge in [-0.1, -0.05) is 30.7 Å². The lowest BCUT2D eigenvalue weighted by atomic mass is 10.2. The molecule has 0 spiro atoms. The number of methoxy groups -OCH3 is 1. The van der Waals surface area contributed by atoms with Crippen molar-refractivity contribution in [3.05, 3.63) is 53.1 Å². The van der Waals surface area contributed by atoms with E-state index in [0.29, 0.717) is 10.7 Å². The Hall–Kier alpha value is -1.72. The predicted molar refractivity (Wildman–Crippen MR) is 84.6 cm³/mol. The number of hydrogen-bond acceptors (Lipinski definition) is 3. The van der Waals surface area contributed by atoms with Crippen molar-refractivity contribution in [2.45, 2.75) is 18.2 Å². The summed E-state index contributed by atoms with van der Waals surface area (Å²) in [5, 5.41) is 0.331. The van der Waals surface area contributed by atoms with E-state index in [1.165, 1.54) is 19.2 Å². The van der Waals surface area contributed by atoms with Crippen LogP contribution in [-0.2, 0) is 16.4 Å². The molecule has 0 unspecified atom stereocenters. The number of sulfonamides is 1. The number of rotatable bonds is 5. The van der Waals surface area contributed by atoms with E-state index < -0.39 is 10.0 Å². The minimum absolute atomic E-state index is 0.0112. The monoisotopic (exact) mass is 325 g/mol. The van der Waals surface area contributed by atoms with E-state index in [9.17, 15) is 8.42 Å². The molecule has 0 aliphatic rings. The Labute approximate surface area is 129 Å². The maximum Gasteiger partial charge on any atom is 0.265 e. The van der Waals surface area contributed by atoms with Gasteiger partial charge in [-0.15, -0.1) is 0 Å². The van der Waals surface area contributed by atoms with Crippen LogP contribution in [0.15, 0.2) is 47.4 Å². The highest BCUT2D eigenvalue weighted by Gasteiger charge is 2.20. The third kappa shape index (κ3) is 3.68. The summed E-state index contributed by atoms with van der Waals surface area (Å²) in [5.41, 5.74) is 1.63. The Morgan fingerprint density at radius 3 is 2.38 bits per heavy atom. The first-order valence-electron chi connectivity index (χ1n) is 6.41. The summed E-state index contributed by atoms with van der Waals surface area (Å²) < 4.78 is 32.5. The fraction of sp³-hybridized carbons (Fsp3) is 0.200. The zero-order valence-corrected chi connectivity index (χ0v) is 13.3. The summed E-state index contributed by atoms with van der Waals surface area (Å²) in [6, 6.07) is 11.7. The van der Waals surface area contributed by atoms with Gasteiger partial charge in [-0.25, -0.2) is 8.42 Å². The minimum Gasteiger partial charge on any atom is -0.495 e. The predicted octanol–water partition coefficient (Wildman–Crippen LogP) is 3.71. The van der Waals surface area contributed by atoms with Crippen molar-refractivity contribution >= 4 is 27.3 Å². The highest BCUT2D eigenvalue weighted by molar-refractivity contribution is 7.92. The van der Waals surface area contributed by atoms with Gasteiger partial charge in [0.2, 0.25) is 0 Å². The first-order valence-corrected chi connectivity index (χ1v) is 8.27. The van der Waals surface area contributed by atoms with Gasteiger partial charge in [0, 0.05) is 10.7 Å². The van der Waals surface area contributed by atoms with Gasteiger partial charge in [0.25, 0.3) is 10.0 Å². The van der Waals surface area contributed by atoms with Crippen LogP contribution in [0.4, 0.5) is 5.69 Å². The zero-order chi connectivity index (χ0) is 15.5. The van der Waals surface area contributed by atoms with E-state index in [-0.39, 0.29) is 10.6 Å². The summed E-state index contributed by atoms with van der Waals surface area (Å²) in [4.78, 5) is 0.0112. The lowest BCUT2D eigenvalue weighted by Crippen LogP contribution is -2.14. The Morgan fingerprint density at radius 2 is 1.81 bits per heavy atom. The van der Waals surface area contributed by atoms with E-state index in [4.69, 9.17) is 16.3 Å². The molecule has 0 saturated heterocycles. The second kappa shape index (κ2) is 6.37. The van der Waals surface area contributed by atoms with Crippen LogP contribution in [0, 0.1) is 0 Å². The number of ether oxygens (including phenoxy) is 1. The van der Waals surface area contributed by atoms with Crippen LogP contribution < -0.4 is 9.46 Å². The van der Waals surface area contributed by atoms with Crippen LogP contribution in [0.2, 0.25) is 5.02 Å². The number of halogens is 1. The highest BCUT2D eigenvalue weighted by Crippen LogP contribution is 2.28. The third-order valence-corrected chi connectivity index (χ3v) is 4.67. The molecule has 4 nitrogen and oxygen atoms in total. The first-order chi connectivity index (χ1) is 9.96. The lowest BCUT2D eigenvalue weighted by Gasteiger charge is -2.12. The maximum atomic E-state index is 12.4. The molecule has 1 N–H and O–H groups in total. The SMILES string of the molecule is CCc1ccc(NS(=O)(=O)c2cc(Cl)ccc2OC)cc1. The Kier molecular flexibility index (Phi) is 4.75. The van der Waals surface area contributed by atoms with Crippen LogP contribution in [-0.4, -0.2) is 15.5 Å². The average molecular weight is 326 g/mol. The summed E-state index contributed by atoms with van der Waals surface area (Å²) in [5.74, 6) is 0.247. The number of benzene rings is 2. The largest absolute Gasteiger partial charge is 0.495 e. The van der Waals surface area contributed by atoms with Crippen LogP contribution in [0.1, 0.15) is 12.5 Å². The molecule has 0 radical (unpaired) electrons. The summed E-state index contributed by atoms with van der Waals surface area (Å²) >= 11 is 5.87. The zero-order valence-electron chi connectivity index (χ0n) is 11.8. The number of nitrogens with one attached hydrogen (secondary N) is 1. The van der Waals surface area contributed by atoms with E-state index in [0.717, 1.165) is 12.0 Å². The molecule has 2 aromatic rings. The van der Waals surface area contributed by atoms with Gasteiger partial charge in [0.1, 0.15) is 10.6 Å². The van der Waals surface area contributed by atoms with Crippen molar-refractivity contribution in [2.24, 2.45) is 0 Å². The Bertz CT molecular complexity index is 727. The number of aryl methyl sites for hydroxylation is 1. The van der Waals surface area contributed by atoms with Gasteiger partial charge in [-0.3, -0.25) is 4.72 Å². The molecule has 0 fully saturated rings. The summed E-state index contributed by atoms with van der Waals surface area (Å²) in [6.45, 7) is 2.04. The second-order valence-electron chi connectivity index (χ2n) is 4.45. The van der Waals surface area contributed by atoms with Crippen molar-refractivity contribution in [1.82, 2.24) is 0 Å². The normalized spacial score (nSPS) is 11.2. The molecule has 2 rings (SSSR count). The molecule has 0 aliphatic carbocycles. The van der Waals surface area contributed by atoms with Crippen LogP contribution in [0.25, 0.3) is 0 Å². The van der Waals surface area contributed by atoms with E-state index >= 15 is 0 Å². The first kappa shape index (κ1) is 15.7. The summed E-state index contributed by atoms with van der Waals surface area (Å²) in [7, 11) is -2.34. The molecule has 0 atom stereocenters. The second-order valence-corrected chi connectivity index (χ2v) is 6.54. The van der Waals surface area contributed by atoms with Crippen molar-refractivity contribution < 1.29 is 13.2 Å². The Balaban J connectivity index is 2.35. The topological polar surface area (TPSA) is 55.4 Å². The van der Waals surface area contributed by atoms with E-state index in [1.807, 2.05) is 19.1 Å². The standard InChI is InChI=1S/C15H16ClNO3S/c1-3-11-4-7-13(8-5-11)17-21(18,19)15-10-12(16)6-9-14(15)20-2/h4-10,17H,3H2,1-2H3. The molecule has 0 aliphatic heterocycles. The smallest absolute Gasteiger partial charge is 0.265 e. The van der Waals surface area contributed by atoms with Gasteiger partial charge in [-0.2, -0.15) is 0 Å². The van der Waals surface area contributed by atoms with Crippen molar-refractivity contribution in [3.8, 4) is 5.75 Å². The molecule has 0 aromatic heterocycles. The average Bonchev–Trinajstić information content (AvgIpc) is 2.47. The molecule has 0 saturated carbocycles. The van der Waals surface area contributed by atoms with Crippen molar-refractivity contribution in [2.75, 3.05) is 11.8 Å². The number of hydrogen-bond donors (Lipinski definition) is 1. The molecule has 21 heavy (non-hydrogen) atoms. The van der Waals surface area contributed by atoms with Crippen molar-refractivity contribution in [1.29, 1.82) is 0 Å². The molecule has 0 bridgehead atoms. The van der Waals surface area contributed by atoms with Crippen LogP contribution >= 0.6 is 11.6 Å². The molecular formula is C15H16ClNO3S. The van der Waals surface area contributed by atoms with Gasteiger partial charge in [0.05, 0.1) is 7.11 Å². The maximum absolute atomic E-state index is 12.4. The highest BCUT2D eigenvalue weighted by atomic mass is 35.5. The molecular weight excluding hydrogens is 310 g/mol. The Morgan fingerprint density at radius 1 is 1.14 bits per heavy atom. The lowest BCUT2D eigenvalue weighted by molar-refractivity contribution is 0.403. The van der Waals surface area contributed by atoms with Crippen LogP contribution in [0.5, 0.6) is 5.75 Å². The quantitative estimate of drug-likeness (QED) is 0.911. The van der Waals surface area contributed by atoms with E-state index in [2.05, 4.69) is 4.72 Å². The van der Waals surface area contributed by atoms with Crippen molar-refractivity contribution in [3.63, 3.8) is 0 Å². The van der Waals surface area contributed by atoms with Gasteiger partial charge in [0.15, 0.2) is 0 Å². The number of anilines is 1. The molecule has 0 amide bonds. The molecule has 112 valence electrons. The molecule has 2 aromatic carbocycles. The fourth-order valence-electron chi connectivity index (χ4n) is 1.88. The fourth-order valence-corrected chi connectivity index (χ4v) is 3.37. The van der Waals surface area contributed by atoms with Gasteiger partial charge >= 0.3 is 0 Å². The van der Waals surface area contributed by atoms with Crippen LogP contribution in [0.3, 0.4) is 0 Å². The molecule has 0 heterocycles.